The first-order valence-corrected chi connectivity index (χ1v) is 9.68. The molecule has 136 valence electrons. The number of H-pyrrole nitrogens is 1. The lowest BCUT2D eigenvalue weighted by molar-refractivity contribution is 0.0956. The fourth-order valence-electron chi connectivity index (χ4n) is 3.03. The van der Waals surface area contributed by atoms with Crippen molar-refractivity contribution in [1.29, 1.82) is 0 Å². The monoisotopic (exact) mass is 395 g/mol. The van der Waals surface area contributed by atoms with Crippen molar-refractivity contribution in [3.63, 3.8) is 0 Å². The molecule has 0 unspecified atom stereocenters. The van der Waals surface area contributed by atoms with E-state index in [4.69, 9.17) is 12.2 Å². The standard InChI is InChI=1S/C20H17N3O2S2/c1-11-3-6-13(7-4-11)10-21-19(25)16-17-22-18(24)14-9-12(2)5-8-15(14)23(17)20(26)27-16/h3-9H,10H2,1-2H3,(H,21,25)(H,22,24). The van der Waals surface area contributed by atoms with E-state index in [-0.39, 0.29) is 11.5 Å². The first kappa shape index (κ1) is 17.6. The van der Waals surface area contributed by atoms with Gasteiger partial charge >= 0.3 is 0 Å². The lowest BCUT2D eigenvalue weighted by atomic mass is 10.1. The first-order chi connectivity index (χ1) is 12.9. The van der Waals surface area contributed by atoms with E-state index in [2.05, 4.69) is 10.3 Å². The van der Waals surface area contributed by atoms with Crippen molar-refractivity contribution in [2.24, 2.45) is 0 Å². The van der Waals surface area contributed by atoms with Gasteiger partial charge in [-0.05, 0) is 43.8 Å². The van der Waals surface area contributed by atoms with Crippen LogP contribution in [0.3, 0.4) is 0 Å². The summed E-state index contributed by atoms with van der Waals surface area (Å²) in [5.74, 6) is -0.253. The molecule has 0 aliphatic heterocycles. The number of rotatable bonds is 3. The summed E-state index contributed by atoms with van der Waals surface area (Å²) in [5.41, 5.74) is 4.09. The third kappa shape index (κ3) is 3.20. The number of hydrogen-bond donors (Lipinski definition) is 2. The zero-order chi connectivity index (χ0) is 19.1. The van der Waals surface area contributed by atoms with E-state index in [0.717, 1.165) is 11.1 Å². The summed E-state index contributed by atoms with van der Waals surface area (Å²) in [4.78, 5) is 28.5. The van der Waals surface area contributed by atoms with Crippen molar-refractivity contribution < 1.29 is 4.79 Å². The molecule has 4 aromatic rings. The topological polar surface area (TPSA) is 66.4 Å². The Kier molecular flexibility index (Phi) is 4.41. The molecular formula is C20H17N3O2S2. The summed E-state index contributed by atoms with van der Waals surface area (Å²) in [7, 11) is 0. The normalized spacial score (nSPS) is 11.2. The van der Waals surface area contributed by atoms with E-state index in [0.29, 0.717) is 31.9 Å². The molecule has 0 radical (unpaired) electrons. The summed E-state index contributed by atoms with van der Waals surface area (Å²) < 4.78 is 2.28. The number of carbonyl (C=O) groups is 1. The van der Waals surface area contributed by atoms with Crippen molar-refractivity contribution in [2.45, 2.75) is 20.4 Å². The molecule has 0 aliphatic carbocycles. The lowest BCUT2D eigenvalue weighted by Gasteiger charge is -2.06. The van der Waals surface area contributed by atoms with Gasteiger partial charge in [0.25, 0.3) is 11.5 Å². The number of aromatic nitrogens is 2. The number of amides is 1. The molecule has 5 nitrogen and oxygen atoms in total. The summed E-state index contributed by atoms with van der Waals surface area (Å²) in [6.45, 7) is 4.36. The number of aromatic amines is 1. The molecule has 0 spiro atoms. The van der Waals surface area contributed by atoms with E-state index in [1.807, 2.05) is 56.3 Å². The van der Waals surface area contributed by atoms with Crippen LogP contribution >= 0.6 is 23.6 Å². The largest absolute Gasteiger partial charge is 0.347 e. The number of thiazole rings is 1. The Labute approximate surface area is 164 Å². The molecule has 7 heteroatoms. The summed E-state index contributed by atoms with van der Waals surface area (Å²) in [5, 5.41) is 3.46. The van der Waals surface area contributed by atoms with Crippen LogP contribution in [0.25, 0.3) is 16.6 Å². The van der Waals surface area contributed by atoms with Gasteiger partial charge in [0.2, 0.25) is 0 Å². The highest BCUT2D eigenvalue weighted by molar-refractivity contribution is 7.73. The number of hydrogen-bond acceptors (Lipinski definition) is 4. The Bertz CT molecular complexity index is 1300. The van der Waals surface area contributed by atoms with Crippen LogP contribution in [0.5, 0.6) is 0 Å². The summed E-state index contributed by atoms with van der Waals surface area (Å²) in [6.07, 6.45) is 0. The highest BCUT2D eigenvalue weighted by Gasteiger charge is 2.17. The second-order valence-electron chi connectivity index (χ2n) is 6.52. The highest BCUT2D eigenvalue weighted by Crippen LogP contribution is 2.23. The van der Waals surface area contributed by atoms with Gasteiger partial charge in [-0.15, -0.1) is 0 Å². The van der Waals surface area contributed by atoms with Crippen LogP contribution in [-0.2, 0) is 6.54 Å². The van der Waals surface area contributed by atoms with E-state index in [9.17, 15) is 9.59 Å². The van der Waals surface area contributed by atoms with Crippen molar-refractivity contribution >= 4 is 46.0 Å². The number of nitrogens with zero attached hydrogens (tertiary/aromatic N) is 1. The van der Waals surface area contributed by atoms with Crippen molar-refractivity contribution in [2.75, 3.05) is 0 Å². The van der Waals surface area contributed by atoms with Crippen LogP contribution in [0, 0.1) is 17.8 Å². The van der Waals surface area contributed by atoms with Gasteiger partial charge in [-0.25, -0.2) is 0 Å². The molecule has 0 saturated heterocycles. The zero-order valence-electron chi connectivity index (χ0n) is 14.8. The fourth-order valence-corrected chi connectivity index (χ4v) is 4.33. The van der Waals surface area contributed by atoms with Crippen LogP contribution in [-0.4, -0.2) is 15.3 Å². The minimum atomic E-state index is -0.253. The number of aryl methyl sites for hydroxylation is 2. The predicted octanol–water partition coefficient (Wildman–Crippen LogP) is 4.12. The maximum Gasteiger partial charge on any atom is 0.265 e. The quantitative estimate of drug-likeness (QED) is 0.513. The minimum Gasteiger partial charge on any atom is -0.347 e. The zero-order valence-corrected chi connectivity index (χ0v) is 16.5. The lowest BCUT2D eigenvalue weighted by Crippen LogP contribution is -2.23. The van der Waals surface area contributed by atoms with E-state index in [1.165, 1.54) is 16.9 Å². The second kappa shape index (κ2) is 6.75. The number of benzene rings is 2. The number of fused-ring (bicyclic) bond motifs is 3. The Morgan fingerprint density at radius 3 is 2.59 bits per heavy atom. The van der Waals surface area contributed by atoms with Crippen molar-refractivity contribution in [1.82, 2.24) is 14.7 Å². The van der Waals surface area contributed by atoms with Crippen LogP contribution < -0.4 is 10.9 Å². The molecule has 0 aliphatic rings. The van der Waals surface area contributed by atoms with E-state index >= 15 is 0 Å². The molecule has 0 atom stereocenters. The van der Waals surface area contributed by atoms with Crippen LogP contribution in [0.2, 0.25) is 0 Å². The molecule has 4 rings (SSSR count). The molecule has 0 saturated carbocycles. The molecule has 1 amide bonds. The van der Waals surface area contributed by atoms with Crippen LogP contribution in [0.15, 0.2) is 47.3 Å². The van der Waals surface area contributed by atoms with Gasteiger partial charge in [-0.1, -0.05) is 52.8 Å². The van der Waals surface area contributed by atoms with Crippen LogP contribution in [0.1, 0.15) is 26.4 Å². The molecule has 2 aromatic heterocycles. The average molecular weight is 396 g/mol. The summed E-state index contributed by atoms with van der Waals surface area (Å²) in [6, 6.07) is 13.6. The van der Waals surface area contributed by atoms with Gasteiger partial charge in [-0.3, -0.25) is 14.0 Å². The molecule has 0 bridgehead atoms. The first-order valence-electron chi connectivity index (χ1n) is 8.46. The van der Waals surface area contributed by atoms with Gasteiger partial charge in [0.1, 0.15) is 10.5 Å². The third-order valence-corrected chi connectivity index (χ3v) is 5.83. The van der Waals surface area contributed by atoms with Crippen molar-refractivity contribution in [3.8, 4) is 0 Å². The minimum absolute atomic E-state index is 0.228. The summed E-state index contributed by atoms with van der Waals surface area (Å²) >= 11 is 6.67. The van der Waals surface area contributed by atoms with Crippen LogP contribution in [0.4, 0.5) is 0 Å². The molecule has 2 aromatic carbocycles. The Morgan fingerprint density at radius 1 is 1.15 bits per heavy atom. The van der Waals surface area contributed by atoms with Gasteiger partial charge in [-0.2, -0.15) is 0 Å². The Morgan fingerprint density at radius 2 is 1.85 bits per heavy atom. The van der Waals surface area contributed by atoms with Gasteiger partial charge in [0.15, 0.2) is 3.95 Å². The van der Waals surface area contributed by atoms with Gasteiger partial charge in [0.05, 0.1) is 10.9 Å². The fraction of sp³-hybridized carbons (Fsp3) is 0.150. The number of carbonyl (C=O) groups excluding carboxylic acids is 1. The average Bonchev–Trinajstić information content (AvgIpc) is 2.98. The Hall–Kier alpha value is -2.77. The molecule has 2 heterocycles. The molecule has 0 fully saturated rings. The highest BCUT2D eigenvalue weighted by atomic mass is 32.1. The maximum absolute atomic E-state index is 12.7. The molecular weight excluding hydrogens is 378 g/mol. The number of nitrogens with one attached hydrogen (secondary N) is 2. The molecule has 2 N–H and O–H groups in total. The second-order valence-corrected chi connectivity index (χ2v) is 8.17. The maximum atomic E-state index is 12.7. The molecule has 27 heavy (non-hydrogen) atoms. The predicted molar refractivity (Wildman–Crippen MR) is 111 cm³/mol. The van der Waals surface area contributed by atoms with E-state index in [1.54, 1.807) is 4.40 Å². The third-order valence-electron chi connectivity index (χ3n) is 4.46. The van der Waals surface area contributed by atoms with Gasteiger partial charge in [0, 0.05) is 6.54 Å². The SMILES string of the molecule is Cc1ccc(CNC(=O)c2sc(=S)n3c2[nH]c(=O)c2cc(C)ccc23)cc1. The van der Waals surface area contributed by atoms with Gasteiger partial charge < -0.3 is 10.3 Å². The Balaban J connectivity index is 1.76. The van der Waals surface area contributed by atoms with Crippen molar-refractivity contribution in [3.05, 3.63) is 78.3 Å². The van der Waals surface area contributed by atoms with E-state index < -0.39 is 0 Å². The smallest absolute Gasteiger partial charge is 0.265 e.